The van der Waals surface area contributed by atoms with E-state index in [-0.39, 0.29) is 18.0 Å². The molecular formula is C13H18BrNO2. The van der Waals surface area contributed by atoms with Crippen LogP contribution in [0.4, 0.5) is 0 Å². The smallest absolute Gasteiger partial charge is 0.323 e. The number of carbonyl (C=O) groups excluding carboxylic acids is 1. The van der Waals surface area contributed by atoms with Crippen molar-refractivity contribution >= 4 is 21.9 Å². The molecule has 0 radical (unpaired) electrons. The Balaban J connectivity index is 2.54. The molecule has 1 aromatic carbocycles. The summed E-state index contributed by atoms with van der Waals surface area (Å²) in [5, 5.41) is 0. The molecule has 1 aromatic rings. The average Bonchev–Trinajstić information content (AvgIpc) is 2.23. The van der Waals surface area contributed by atoms with E-state index >= 15 is 0 Å². The van der Waals surface area contributed by atoms with Crippen LogP contribution in [-0.2, 0) is 16.1 Å². The van der Waals surface area contributed by atoms with Gasteiger partial charge in [-0.05, 0) is 23.1 Å². The first-order chi connectivity index (χ1) is 7.80. The van der Waals surface area contributed by atoms with E-state index in [0.29, 0.717) is 0 Å². The van der Waals surface area contributed by atoms with Gasteiger partial charge in [-0.2, -0.15) is 0 Å². The van der Waals surface area contributed by atoms with Crippen LogP contribution in [0.1, 0.15) is 26.3 Å². The second kappa shape index (κ2) is 5.65. The van der Waals surface area contributed by atoms with Gasteiger partial charge in [-0.3, -0.25) is 4.79 Å². The molecule has 0 aliphatic rings. The maximum Gasteiger partial charge on any atom is 0.323 e. The molecule has 0 aromatic heterocycles. The van der Waals surface area contributed by atoms with Crippen molar-refractivity contribution in [2.45, 2.75) is 33.4 Å². The lowest BCUT2D eigenvalue weighted by Crippen LogP contribution is -2.43. The summed E-state index contributed by atoms with van der Waals surface area (Å²) in [6.07, 6.45) is 0. The van der Waals surface area contributed by atoms with E-state index in [9.17, 15) is 4.79 Å². The Labute approximate surface area is 110 Å². The van der Waals surface area contributed by atoms with Crippen LogP contribution in [0.2, 0.25) is 0 Å². The molecule has 1 rings (SSSR count). The van der Waals surface area contributed by atoms with Gasteiger partial charge in [-0.15, -0.1) is 0 Å². The van der Waals surface area contributed by atoms with E-state index in [1.165, 1.54) is 0 Å². The highest BCUT2D eigenvalue weighted by molar-refractivity contribution is 9.10. The molecule has 0 unspecified atom stereocenters. The Morgan fingerprint density at radius 1 is 1.47 bits per heavy atom. The molecule has 94 valence electrons. The first kappa shape index (κ1) is 14.2. The molecule has 0 heterocycles. The summed E-state index contributed by atoms with van der Waals surface area (Å²) in [4.78, 5) is 11.7. The van der Waals surface area contributed by atoms with Crippen molar-refractivity contribution < 1.29 is 9.53 Å². The summed E-state index contributed by atoms with van der Waals surface area (Å²) in [6.45, 7) is 6.00. The van der Waals surface area contributed by atoms with Crippen molar-refractivity contribution in [3.05, 3.63) is 34.3 Å². The van der Waals surface area contributed by atoms with Crippen LogP contribution in [0.25, 0.3) is 0 Å². The second-order valence-corrected chi connectivity index (χ2v) is 6.00. The van der Waals surface area contributed by atoms with Gasteiger partial charge in [-0.1, -0.05) is 48.8 Å². The Bertz CT molecular complexity index is 399. The Morgan fingerprint density at radius 3 is 2.65 bits per heavy atom. The molecule has 0 aliphatic carbocycles. The number of hydrogen-bond donors (Lipinski definition) is 1. The van der Waals surface area contributed by atoms with Crippen LogP contribution in [0, 0.1) is 5.41 Å². The molecule has 0 spiro atoms. The second-order valence-electron chi connectivity index (χ2n) is 5.08. The monoisotopic (exact) mass is 299 g/mol. The lowest BCUT2D eigenvalue weighted by atomic mass is 9.87. The third kappa shape index (κ3) is 4.48. The topological polar surface area (TPSA) is 52.3 Å². The van der Waals surface area contributed by atoms with Crippen molar-refractivity contribution in [3.63, 3.8) is 0 Å². The van der Waals surface area contributed by atoms with Crippen LogP contribution in [-0.4, -0.2) is 12.0 Å². The Hall–Kier alpha value is -0.870. The van der Waals surface area contributed by atoms with Gasteiger partial charge in [0.2, 0.25) is 0 Å². The number of ether oxygens (including phenoxy) is 1. The molecule has 0 bridgehead atoms. The van der Waals surface area contributed by atoms with Crippen LogP contribution in [0.3, 0.4) is 0 Å². The molecule has 0 fully saturated rings. The van der Waals surface area contributed by atoms with Gasteiger partial charge in [0.25, 0.3) is 0 Å². The van der Waals surface area contributed by atoms with Crippen LogP contribution >= 0.6 is 15.9 Å². The van der Waals surface area contributed by atoms with Gasteiger partial charge in [0.05, 0.1) is 0 Å². The van der Waals surface area contributed by atoms with Crippen molar-refractivity contribution in [3.8, 4) is 0 Å². The normalized spacial score (nSPS) is 13.2. The molecule has 1 atom stereocenters. The highest BCUT2D eigenvalue weighted by atomic mass is 79.9. The highest BCUT2D eigenvalue weighted by Crippen LogP contribution is 2.19. The van der Waals surface area contributed by atoms with Crippen molar-refractivity contribution in [2.75, 3.05) is 0 Å². The number of carbonyl (C=O) groups is 1. The number of benzene rings is 1. The standard InChI is InChI=1S/C13H18BrNO2/c1-13(2,3)11(15)12(16)17-8-9-5-4-6-10(14)7-9/h4-7,11H,8,15H2,1-3H3/t11-/m0/s1. The van der Waals surface area contributed by atoms with E-state index in [0.717, 1.165) is 10.0 Å². The zero-order chi connectivity index (χ0) is 13.1. The summed E-state index contributed by atoms with van der Waals surface area (Å²) in [7, 11) is 0. The molecule has 0 saturated carbocycles. The average molecular weight is 300 g/mol. The molecule has 17 heavy (non-hydrogen) atoms. The number of hydrogen-bond acceptors (Lipinski definition) is 3. The molecule has 0 amide bonds. The van der Waals surface area contributed by atoms with Crippen molar-refractivity contribution in [1.29, 1.82) is 0 Å². The minimum atomic E-state index is -0.602. The summed E-state index contributed by atoms with van der Waals surface area (Å²) < 4.78 is 6.15. The predicted octanol–water partition coefficient (Wildman–Crippen LogP) is 2.87. The van der Waals surface area contributed by atoms with Crippen molar-refractivity contribution in [1.82, 2.24) is 0 Å². The lowest BCUT2D eigenvalue weighted by Gasteiger charge is -2.24. The molecule has 3 nitrogen and oxygen atoms in total. The lowest BCUT2D eigenvalue weighted by molar-refractivity contribution is -0.149. The van der Waals surface area contributed by atoms with E-state index in [2.05, 4.69) is 15.9 Å². The minimum absolute atomic E-state index is 0.252. The van der Waals surface area contributed by atoms with Gasteiger partial charge in [-0.25, -0.2) is 0 Å². The molecule has 4 heteroatoms. The highest BCUT2D eigenvalue weighted by Gasteiger charge is 2.28. The fraction of sp³-hybridized carbons (Fsp3) is 0.462. The third-order valence-corrected chi connectivity index (χ3v) is 2.95. The number of nitrogens with two attached hydrogens (primary N) is 1. The van der Waals surface area contributed by atoms with Gasteiger partial charge in [0, 0.05) is 4.47 Å². The predicted molar refractivity (Wildman–Crippen MR) is 71.4 cm³/mol. The van der Waals surface area contributed by atoms with Crippen LogP contribution in [0.5, 0.6) is 0 Å². The summed E-state index contributed by atoms with van der Waals surface area (Å²) >= 11 is 3.36. The fourth-order valence-electron chi connectivity index (χ4n) is 1.22. The number of halogens is 1. The fourth-order valence-corrected chi connectivity index (χ4v) is 1.67. The zero-order valence-corrected chi connectivity index (χ0v) is 12.0. The van der Waals surface area contributed by atoms with E-state index in [4.69, 9.17) is 10.5 Å². The minimum Gasteiger partial charge on any atom is -0.460 e. The van der Waals surface area contributed by atoms with E-state index in [1.807, 2.05) is 45.0 Å². The maximum absolute atomic E-state index is 11.7. The Kier molecular flexibility index (Phi) is 4.71. The quantitative estimate of drug-likeness (QED) is 0.873. The van der Waals surface area contributed by atoms with Crippen LogP contribution < -0.4 is 5.73 Å². The summed E-state index contributed by atoms with van der Waals surface area (Å²) in [5.41, 5.74) is 6.46. The van der Waals surface area contributed by atoms with Gasteiger partial charge >= 0.3 is 5.97 Å². The number of rotatable bonds is 3. The molecule has 0 saturated heterocycles. The van der Waals surface area contributed by atoms with E-state index in [1.54, 1.807) is 0 Å². The van der Waals surface area contributed by atoms with Gasteiger partial charge < -0.3 is 10.5 Å². The first-order valence-electron chi connectivity index (χ1n) is 5.47. The maximum atomic E-state index is 11.7. The molecule has 0 aliphatic heterocycles. The van der Waals surface area contributed by atoms with Crippen LogP contribution in [0.15, 0.2) is 28.7 Å². The Morgan fingerprint density at radius 2 is 2.12 bits per heavy atom. The first-order valence-corrected chi connectivity index (χ1v) is 6.26. The zero-order valence-electron chi connectivity index (χ0n) is 10.4. The summed E-state index contributed by atoms with van der Waals surface area (Å²) in [5.74, 6) is -0.363. The van der Waals surface area contributed by atoms with Gasteiger partial charge in [0.1, 0.15) is 12.6 Å². The SMILES string of the molecule is CC(C)(C)[C@@H](N)C(=O)OCc1cccc(Br)c1. The largest absolute Gasteiger partial charge is 0.460 e. The summed E-state index contributed by atoms with van der Waals surface area (Å²) in [6, 6.07) is 7.04. The molecule has 2 N–H and O–H groups in total. The van der Waals surface area contributed by atoms with Gasteiger partial charge in [0.15, 0.2) is 0 Å². The number of esters is 1. The molecular weight excluding hydrogens is 282 g/mol. The van der Waals surface area contributed by atoms with Crippen molar-refractivity contribution in [2.24, 2.45) is 11.1 Å². The third-order valence-electron chi connectivity index (χ3n) is 2.46. The van der Waals surface area contributed by atoms with E-state index < -0.39 is 6.04 Å².